The maximum absolute atomic E-state index is 13.4. The first-order valence-electron chi connectivity index (χ1n) is 24.1. The Hall–Kier alpha value is -5.11. The Balaban J connectivity index is 1.21. The van der Waals surface area contributed by atoms with Crippen LogP contribution in [0.3, 0.4) is 0 Å². The molecule has 0 bridgehead atoms. The Morgan fingerprint density at radius 2 is 1.38 bits per heavy atom. The third-order valence-electron chi connectivity index (χ3n) is 13.2. The normalized spacial score (nSPS) is 18.2. The van der Waals surface area contributed by atoms with Crippen molar-refractivity contribution in [2.75, 3.05) is 33.4 Å². The number of imidazole rings is 2. The highest BCUT2D eigenvalue weighted by atomic mass is 28.3. The topological polar surface area (TPSA) is 159 Å². The van der Waals surface area contributed by atoms with Gasteiger partial charge < -0.3 is 33.2 Å². The van der Waals surface area contributed by atoms with Crippen LogP contribution in [0.25, 0.3) is 44.8 Å². The monoisotopic (exact) mass is 967 g/mol. The molecule has 2 aromatic carbocycles. The fraction of sp³-hybridized carbons (Fsp3) is 0.569. The molecular weight excluding hydrogens is 893 g/mol. The minimum absolute atomic E-state index is 0.253. The summed E-state index contributed by atoms with van der Waals surface area (Å²) in [4.78, 5) is 49.5. The van der Waals surface area contributed by atoms with Crippen molar-refractivity contribution in [2.24, 2.45) is 5.41 Å². The molecule has 7 rings (SSSR count). The standard InChI is InChI=1S/C51H74N8O7Si2/c1-49(2,3)51(23-15-25-59(51)47(60)61)46-53-32-41(58(46)34-65-27-29-68(11,12)13)35-17-19-36(20-18-35)43-54-39-22-21-37(30-38(39)45(55-43)63-7)42-31-52-44(57(42)33-64-26-28-67(8,9)10)40-16-14-24-56(40)48(62)66-50(4,5)6/h17-22,30-32,40H,14-16,23-29,33-34H2,1-13H3,(H,60,61)/t40-,51+/m0/s1. The fourth-order valence-corrected chi connectivity index (χ4v) is 11.0. The number of nitrogens with zero attached hydrogens (tertiary/aromatic N) is 8. The molecule has 2 amide bonds. The van der Waals surface area contributed by atoms with Crippen LogP contribution in [-0.2, 0) is 33.2 Å². The summed E-state index contributed by atoms with van der Waals surface area (Å²) in [6.45, 7) is 28.8. The number of hydrogen-bond acceptors (Lipinski definition) is 10. The van der Waals surface area contributed by atoms with Gasteiger partial charge in [-0.15, -0.1) is 0 Å². The molecule has 0 aliphatic carbocycles. The lowest BCUT2D eigenvalue weighted by atomic mass is 9.71. The summed E-state index contributed by atoms with van der Waals surface area (Å²) in [6, 6.07) is 15.9. The fourth-order valence-electron chi connectivity index (χ4n) is 9.49. The van der Waals surface area contributed by atoms with Gasteiger partial charge in [-0.2, -0.15) is 4.98 Å². The number of methoxy groups -OCH3 is 1. The van der Waals surface area contributed by atoms with Crippen molar-refractivity contribution in [3.63, 3.8) is 0 Å². The average Bonchev–Trinajstić information content (AvgIpc) is 4.08. The van der Waals surface area contributed by atoms with Gasteiger partial charge in [-0.05, 0) is 81.7 Å². The molecule has 2 atom stereocenters. The van der Waals surface area contributed by atoms with E-state index in [1.807, 2.05) is 75.6 Å². The van der Waals surface area contributed by atoms with Crippen LogP contribution in [0.2, 0.25) is 51.4 Å². The molecule has 15 nitrogen and oxygen atoms in total. The van der Waals surface area contributed by atoms with Gasteiger partial charge in [0.1, 0.15) is 36.3 Å². The highest BCUT2D eigenvalue weighted by molar-refractivity contribution is 6.76. The quantitative estimate of drug-likeness (QED) is 0.0741. The van der Waals surface area contributed by atoms with E-state index in [1.54, 1.807) is 16.9 Å². The zero-order chi connectivity index (χ0) is 49.4. The van der Waals surface area contributed by atoms with Crippen LogP contribution in [0, 0.1) is 5.41 Å². The SMILES string of the molecule is COc1nc(-c2ccc(-c3cnc([C@@]4(C(C)(C)C)CCCN4C(=O)O)n3COCC[Si](C)(C)C)cc2)nc2ccc(-c3cnc([C@@H]4CCCN4C(=O)OC(C)(C)C)n3COCC[Si](C)(C)C)cc12. The number of aromatic nitrogens is 6. The van der Waals surface area contributed by atoms with E-state index < -0.39 is 38.8 Å². The summed E-state index contributed by atoms with van der Waals surface area (Å²) in [5.41, 5.74) is 3.14. The number of likely N-dealkylation sites (tertiary alicyclic amines) is 2. The molecule has 2 aliphatic heterocycles. The predicted octanol–water partition coefficient (Wildman–Crippen LogP) is 11.7. The molecule has 0 saturated carbocycles. The van der Waals surface area contributed by atoms with Gasteiger partial charge in [0.25, 0.3) is 0 Å². The molecule has 68 heavy (non-hydrogen) atoms. The Morgan fingerprint density at radius 3 is 1.99 bits per heavy atom. The lowest BCUT2D eigenvalue weighted by molar-refractivity contribution is 0.00957. The molecule has 1 N–H and O–H groups in total. The summed E-state index contributed by atoms with van der Waals surface area (Å²) in [7, 11) is -1.07. The Morgan fingerprint density at radius 1 is 0.779 bits per heavy atom. The first-order chi connectivity index (χ1) is 31.9. The largest absolute Gasteiger partial charge is 0.480 e. The van der Waals surface area contributed by atoms with Crippen LogP contribution in [0.1, 0.15) is 84.9 Å². The number of fused-ring (bicyclic) bond motifs is 1. The number of carbonyl (C=O) groups is 2. The first-order valence-corrected chi connectivity index (χ1v) is 31.6. The summed E-state index contributed by atoms with van der Waals surface area (Å²) in [6.07, 6.45) is 5.48. The number of amides is 2. The van der Waals surface area contributed by atoms with E-state index in [9.17, 15) is 14.7 Å². The van der Waals surface area contributed by atoms with E-state index in [4.69, 9.17) is 38.9 Å². The third kappa shape index (κ3) is 11.0. The minimum Gasteiger partial charge on any atom is -0.480 e. The summed E-state index contributed by atoms with van der Waals surface area (Å²) in [5.74, 6) is 2.42. The Bertz CT molecular complexity index is 2590. The lowest BCUT2D eigenvalue weighted by Gasteiger charge is -2.46. The predicted molar refractivity (Wildman–Crippen MR) is 272 cm³/mol. The minimum atomic E-state index is -1.35. The molecule has 2 aliphatic rings. The maximum atomic E-state index is 13.4. The van der Waals surface area contributed by atoms with Gasteiger partial charge >= 0.3 is 12.2 Å². The van der Waals surface area contributed by atoms with Crippen LogP contribution in [0.5, 0.6) is 5.88 Å². The highest BCUT2D eigenvalue weighted by Gasteiger charge is 2.56. The summed E-state index contributed by atoms with van der Waals surface area (Å²) in [5, 5.41) is 11.2. The maximum Gasteiger partial charge on any atom is 0.410 e. The lowest BCUT2D eigenvalue weighted by Crippen LogP contribution is -2.54. The van der Waals surface area contributed by atoms with Gasteiger partial charge in [-0.25, -0.2) is 24.5 Å². The van der Waals surface area contributed by atoms with Crippen LogP contribution >= 0.6 is 0 Å². The van der Waals surface area contributed by atoms with Gasteiger partial charge in [0.15, 0.2) is 5.82 Å². The van der Waals surface area contributed by atoms with Crippen molar-refractivity contribution in [1.82, 2.24) is 38.9 Å². The number of hydrogen-bond donors (Lipinski definition) is 1. The van der Waals surface area contributed by atoms with Crippen molar-refractivity contribution in [3.8, 4) is 39.8 Å². The van der Waals surface area contributed by atoms with E-state index in [0.29, 0.717) is 57.0 Å². The second-order valence-electron chi connectivity index (χ2n) is 22.9. The van der Waals surface area contributed by atoms with E-state index in [0.717, 1.165) is 76.2 Å². The highest BCUT2D eigenvalue weighted by Crippen LogP contribution is 2.51. The zero-order valence-electron chi connectivity index (χ0n) is 42.7. The molecule has 5 aromatic rings. The molecule has 0 radical (unpaired) electrons. The molecule has 0 spiro atoms. The third-order valence-corrected chi connectivity index (χ3v) is 16.6. The van der Waals surface area contributed by atoms with Crippen LogP contribution in [-0.4, -0.2) is 111 Å². The number of ether oxygens (including phenoxy) is 4. The Labute approximate surface area is 404 Å². The molecule has 17 heteroatoms. The molecule has 0 unspecified atom stereocenters. The van der Waals surface area contributed by atoms with Crippen molar-refractivity contribution in [3.05, 3.63) is 66.5 Å². The number of carboxylic acid groups (broad SMARTS) is 1. The van der Waals surface area contributed by atoms with Crippen LogP contribution in [0.4, 0.5) is 9.59 Å². The second-order valence-corrected chi connectivity index (χ2v) is 34.1. The van der Waals surface area contributed by atoms with E-state index >= 15 is 0 Å². The van der Waals surface area contributed by atoms with Gasteiger partial charge in [0.2, 0.25) is 5.88 Å². The van der Waals surface area contributed by atoms with Gasteiger partial charge in [-0.3, -0.25) is 9.80 Å². The molecule has 2 fully saturated rings. The number of rotatable bonds is 16. The molecule has 3 aromatic heterocycles. The number of carbonyl (C=O) groups excluding carboxylic acids is 1. The van der Waals surface area contributed by atoms with Crippen LogP contribution < -0.4 is 4.74 Å². The number of benzene rings is 2. The molecular formula is C51H74N8O7Si2. The molecule has 2 saturated heterocycles. The van der Waals surface area contributed by atoms with Crippen molar-refractivity contribution in [2.45, 2.75) is 149 Å². The zero-order valence-corrected chi connectivity index (χ0v) is 44.7. The summed E-state index contributed by atoms with van der Waals surface area (Å²) >= 11 is 0. The van der Waals surface area contributed by atoms with E-state index in [-0.39, 0.29) is 18.9 Å². The second kappa shape index (κ2) is 19.7. The van der Waals surface area contributed by atoms with E-state index in [1.165, 1.54) is 0 Å². The van der Waals surface area contributed by atoms with Crippen LogP contribution in [0.15, 0.2) is 54.9 Å². The van der Waals surface area contributed by atoms with Crippen molar-refractivity contribution >= 4 is 39.2 Å². The van der Waals surface area contributed by atoms with Crippen molar-refractivity contribution < 1.29 is 33.6 Å². The Kier molecular flexibility index (Phi) is 14.7. The molecule has 5 heterocycles. The van der Waals surface area contributed by atoms with Gasteiger partial charge in [0.05, 0.1) is 47.8 Å². The summed E-state index contributed by atoms with van der Waals surface area (Å²) < 4.78 is 28.7. The van der Waals surface area contributed by atoms with Gasteiger partial charge in [0, 0.05) is 53.6 Å². The molecule has 368 valence electrons. The average molecular weight is 967 g/mol. The van der Waals surface area contributed by atoms with Crippen molar-refractivity contribution in [1.29, 1.82) is 0 Å². The smallest absolute Gasteiger partial charge is 0.410 e. The first kappa shape index (κ1) is 50.8. The van der Waals surface area contributed by atoms with E-state index in [2.05, 4.69) is 69.2 Å². The van der Waals surface area contributed by atoms with Gasteiger partial charge in [-0.1, -0.05) is 90.4 Å².